The second kappa shape index (κ2) is 10.5. The van der Waals surface area contributed by atoms with Gasteiger partial charge in [-0.1, -0.05) is 25.4 Å². The summed E-state index contributed by atoms with van der Waals surface area (Å²) < 4.78 is 5.42. The second-order valence-corrected chi connectivity index (χ2v) is 8.24. The molecule has 2 amide bonds. The summed E-state index contributed by atoms with van der Waals surface area (Å²) in [7, 11) is 0. The third-order valence-corrected chi connectivity index (χ3v) is 5.50. The molecule has 1 aliphatic rings. The fraction of sp³-hybridized carbons (Fsp3) is 0.435. The van der Waals surface area contributed by atoms with Gasteiger partial charge in [0.15, 0.2) is 0 Å². The predicted molar refractivity (Wildman–Crippen MR) is 122 cm³/mol. The zero-order valence-corrected chi connectivity index (χ0v) is 18.9. The lowest BCUT2D eigenvalue weighted by Crippen LogP contribution is -2.56. The number of ether oxygens (including phenoxy) is 1. The van der Waals surface area contributed by atoms with Gasteiger partial charge in [-0.2, -0.15) is 0 Å². The van der Waals surface area contributed by atoms with Gasteiger partial charge in [0.2, 0.25) is 5.91 Å². The van der Waals surface area contributed by atoms with Crippen LogP contribution in [0.15, 0.2) is 42.6 Å². The number of nitrogens with one attached hydrogen (secondary N) is 1. The Morgan fingerprint density at radius 3 is 2.32 bits per heavy atom. The Morgan fingerprint density at radius 1 is 1.10 bits per heavy atom. The monoisotopic (exact) mass is 444 g/mol. The normalized spacial score (nSPS) is 15.0. The van der Waals surface area contributed by atoms with Crippen LogP contribution in [0.5, 0.6) is 5.75 Å². The van der Waals surface area contributed by atoms with Crippen LogP contribution < -0.4 is 15.0 Å². The molecule has 1 aromatic heterocycles. The highest BCUT2D eigenvalue weighted by Gasteiger charge is 2.31. The highest BCUT2D eigenvalue weighted by atomic mass is 35.5. The summed E-state index contributed by atoms with van der Waals surface area (Å²) >= 11 is 5.91. The number of nitrogens with zero attached hydrogens (tertiary/aromatic N) is 3. The van der Waals surface area contributed by atoms with Crippen LogP contribution in [0.25, 0.3) is 0 Å². The Bertz CT molecular complexity index is 879. The minimum Gasteiger partial charge on any atom is -0.494 e. The molecule has 31 heavy (non-hydrogen) atoms. The summed E-state index contributed by atoms with van der Waals surface area (Å²) in [4.78, 5) is 34.2. The molecule has 1 aromatic carbocycles. The number of carbonyl (C=O) groups is 2. The molecule has 7 nitrogen and oxygen atoms in total. The van der Waals surface area contributed by atoms with E-state index in [4.69, 9.17) is 16.3 Å². The number of amides is 2. The zero-order chi connectivity index (χ0) is 22.4. The van der Waals surface area contributed by atoms with Gasteiger partial charge in [0.1, 0.15) is 17.6 Å². The molecule has 0 bridgehead atoms. The van der Waals surface area contributed by atoms with Crippen molar-refractivity contribution in [2.45, 2.75) is 26.8 Å². The molecule has 1 unspecified atom stereocenters. The molecule has 3 rings (SSSR count). The molecule has 1 atom stereocenters. The van der Waals surface area contributed by atoms with Crippen molar-refractivity contribution >= 4 is 29.2 Å². The smallest absolute Gasteiger partial charge is 0.251 e. The molecule has 0 radical (unpaired) electrons. The number of carbonyl (C=O) groups excluding carboxylic acids is 2. The van der Waals surface area contributed by atoms with Gasteiger partial charge < -0.3 is 19.9 Å². The lowest BCUT2D eigenvalue weighted by Gasteiger charge is -2.37. The fourth-order valence-corrected chi connectivity index (χ4v) is 3.63. The van der Waals surface area contributed by atoms with Gasteiger partial charge in [0, 0.05) is 37.9 Å². The van der Waals surface area contributed by atoms with Crippen molar-refractivity contribution in [3.63, 3.8) is 0 Å². The van der Waals surface area contributed by atoms with Crippen molar-refractivity contribution in [1.82, 2.24) is 15.2 Å². The van der Waals surface area contributed by atoms with E-state index >= 15 is 0 Å². The highest BCUT2D eigenvalue weighted by molar-refractivity contribution is 6.30. The molecule has 1 N–H and O–H groups in total. The summed E-state index contributed by atoms with van der Waals surface area (Å²) in [6.07, 6.45) is 1.62. The molecular formula is C23H29ClN4O3. The summed E-state index contributed by atoms with van der Waals surface area (Å²) in [6, 6.07) is 10.0. The minimum absolute atomic E-state index is 0.0323. The topological polar surface area (TPSA) is 74.8 Å². The first-order valence-electron chi connectivity index (χ1n) is 10.6. The molecule has 0 saturated carbocycles. The van der Waals surface area contributed by atoms with Crippen molar-refractivity contribution in [1.29, 1.82) is 0 Å². The molecule has 8 heteroatoms. The van der Waals surface area contributed by atoms with E-state index in [0.717, 1.165) is 5.82 Å². The fourth-order valence-electron chi connectivity index (χ4n) is 3.52. The molecule has 166 valence electrons. The van der Waals surface area contributed by atoms with Crippen molar-refractivity contribution in [3.8, 4) is 5.75 Å². The van der Waals surface area contributed by atoms with Crippen LogP contribution in [0.3, 0.4) is 0 Å². The number of halogens is 1. The summed E-state index contributed by atoms with van der Waals surface area (Å²) in [6.45, 7) is 8.86. The van der Waals surface area contributed by atoms with Crippen molar-refractivity contribution in [2.75, 3.05) is 37.7 Å². The van der Waals surface area contributed by atoms with Crippen LogP contribution in [0, 0.1) is 5.92 Å². The maximum absolute atomic E-state index is 13.2. The maximum Gasteiger partial charge on any atom is 0.251 e. The van der Waals surface area contributed by atoms with Gasteiger partial charge in [0.25, 0.3) is 5.91 Å². The number of rotatable bonds is 7. The SMILES string of the molecule is CCOc1ccc(C(=O)NC(C(=O)N2CCN(c3ccc(Cl)cn3)CC2)C(C)C)cc1. The number of anilines is 1. The average Bonchev–Trinajstić information content (AvgIpc) is 2.78. The van der Waals surface area contributed by atoms with E-state index in [1.165, 1.54) is 0 Å². The Kier molecular flexibility index (Phi) is 7.74. The van der Waals surface area contributed by atoms with Crippen LogP contribution in [-0.4, -0.2) is 60.5 Å². The molecule has 2 heterocycles. The van der Waals surface area contributed by atoms with Gasteiger partial charge in [0.05, 0.1) is 11.6 Å². The van der Waals surface area contributed by atoms with E-state index in [0.29, 0.717) is 49.1 Å². The minimum atomic E-state index is -0.584. The molecule has 0 spiro atoms. The summed E-state index contributed by atoms with van der Waals surface area (Å²) in [5, 5.41) is 3.52. The number of benzene rings is 1. The van der Waals surface area contributed by atoms with Crippen LogP contribution >= 0.6 is 11.6 Å². The molecular weight excluding hydrogens is 416 g/mol. The third-order valence-electron chi connectivity index (χ3n) is 5.27. The van der Waals surface area contributed by atoms with Crippen molar-refractivity contribution in [3.05, 3.63) is 53.2 Å². The van der Waals surface area contributed by atoms with E-state index in [2.05, 4.69) is 15.2 Å². The van der Waals surface area contributed by atoms with Crippen LogP contribution in [0.4, 0.5) is 5.82 Å². The largest absolute Gasteiger partial charge is 0.494 e. The molecule has 1 aliphatic heterocycles. The first kappa shape index (κ1) is 22.9. The lowest BCUT2D eigenvalue weighted by atomic mass is 10.0. The number of hydrogen-bond donors (Lipinski definition) is 1. The van der Waals surface area contributed by atoms with E-state index in [-0.39, 0.29) is 17.7 Å². The number of hydrogen-bond acceptors (Lipinski definition) is 5. The van der Waals surface area contributed by atoms with E-state index < -0.39 is 6.04 Å². The molecule has 1 fully saturated rings. The Morgan fingerprint density at radius 2 is 1.77 bits per heavy atom. The van der Waals surface area contributed by atoms with Gasteiger partial charge in [-0.05, 0) is 49.2 Å². The third kappa shape index (κ3) is 5.88. The van der Waals surface area contributed by atoms with E-state index in [9.17, 15) is 9.59 Å². The highest BCUT2D eigenvalue weighted by Crippen LogP contribution is 2.18. The standard InChI is InChI=1S/C23H29ClN4O3/c1-4-31-19-8-5-17(6-9-19)22(29)26-21(16(2)3)23(30)28-13-11-27(12-14-28)20-10-7-18(24)15-25-20/h5-10,15-16,21H,4,11-14H2,1-3H3,(H,26,29). The average molecular weight is 445 g/mol. The first-order valence-corrected chi connectivity index (χ1v) is 11.0. The van der Waals surface area contributed by atoms with Crippen LogP contribution in [-0.2, 0) is 4.79 Å². The van der Waals surface area contributed by atoms with Crippen LogP contribution in [0.1, 0.15) is 31.1 Å². The lowest BCUT2D eigenvalue weighted by molar-refractivity contribution is -0.134. The van der Waals surface area contributed by atoms with Crippen molar-refractivity contribution < 1.29 is 14.3 Å². The Labute approximate surface area is 188 Å². The quantitative estimate of drug-likeness (QED) is 0.709. The van der Waals surface area contributed by atoms with Gasteiger partial charge in [-0.15, -0.1) is 0 Å². The van der Waals surface area contributed by atoms with Gasteiger partial charge in [-0.25, -0.2) is 4.98 Å². The zero-order valence-electron chi connectivity index (χ0n) is 18.2. The Balaban J connectivity index is 1.60. The molecule has 0 aliphatic carbocycles. The summed E-state index contributed by atoms with van der Waals surface area (Å²) in [5.74, 6) is 1.21. The number of piperazine rings is 1. The molecule has 1 saturated heterocycles. The van der Waals surface area contributed by atoms with E-state index in [1.807, 2.05) is 37.8 Å². The van der Waals surface area contributed by atoms with Gasteiger partial charge >= 0.3 is 0 Å². The van der Waals surface area contributed by atoms with Crippen molar-refractivity contribution in [2.24, 2.45) is 5.92 Å². The maximum atomic E-state index is 13.2. The predicted octanol–water partition coefficient (Wildman–Crippen LogP) is 3.24. The van der Waals surface area contributed by atoms with Gasteiger partial charge in [-0.3, -0.25) is 9.59 Å². The second-order valence-electron chi connectivity index (χ2n) is 7.80. The Hall–Kier alpha value is -2.80. The number of pyridine rings is 1. The van der Waals surface area contributed by atoms with Crippen LogP contribution in [0.2, 0.25) is 5.02 Å². The van der Waals surface area contributed by atoms with E-state index in [1.54, 1.807) is 30.5 Å². The summed E-state index contributed by atoms with van der Waals surface area (Å²) in [5.41, 5.74) is 0.500. The molecule has 2 aromatic rings. The first-order chi connectivity index (χ1) is 14.9. The number of aromatic nitrogens is 1.